The number of hydrogen-bond acceptors (Lipinski definition) is 5. The molecule has 0 aliphatic heterocycles. The molecule has 112 valence electrons. The highest BCUT2D eigenvalue weighted by atomic mass is 16.3. The number of hydrogen-bond donors (Lipinski definition) is 1. The molecular formula is C15H14N4O3. The Balaban J connectivity index is 1.77. The monoisotopic (exact) mass is 298 g/mol. The number of carbonyl (C=O) groups is 1. The van der Waals surface area contributed by atoms with Crippen LogP contribution < -0.4 is 10.9 Å². The van der Waals surface area contributed by atoms with Gasteiger partial charge in [0.05, 0.1) is 11.6 Å². The second kappa shape index (κ2) is 5.80. The molecule has 0 radical (unpaired) electrons. The summed E-state index contributed by atoms with van der Waals surface area (Å²) in [6.07, 6.45) is 3.03. The van der Waals surface area contributed by atoms with Crippen LogP contribution in [0.3, 0.4) is 0 Å². The summed E-state index contributed by atoms with van der Waals surface area (Å²) in [6.45, 7) is 2.37. The van der Waals surface area contributed by atoms with Crippen LogP contribution in [0.2, 0.25) is 0 Å². The van der Waals surface area contributed by atoms with Crippen molar-refractivity contribution in [1.82, 2.24) is 19.9 Å². The first kappa shape index (κ1) is 14.0. The standard InChI is InChI=1S/C15H14N4O3/c1-10-18-13-11(4-2-6-16-13)15(21)19(10)8-7-17-14(20)12-5-3-9-22-12/h2-6,9H,7-8H2,1H3,(H,17,20). The highest BCUT2D eigenvalue weighted by Gasteiger charge is 2.10. The second-order valence-electron chi connectivity index (χ2n) is 4.72. The van der Waals surface area contributed by atoms with Gasteiger partial charge in [-0.2, -0.15) is 0 Å². The van der Waals surface area contributed by atoms with Crippen LogP contribution >= 0.6 is 0 Å². The first-order valence-corrected chi connectivity index (χ1v) is 6.80. The van der Waals surface area contributed by atoms with Gasteiger partial charge in [-0.05, 0) is 31.2 Å². The van der Waals surface area contributed by atoms with Crippen LogP contribution in [0.15, 0.2) is 45.9 Å². The van der Waals surface area contributed by atoms with Gasteiger partial charge in [-0.1, -0.05) is 0 Å². The van der Waals surface area contributed by atoms with Gasteiger partial charge in [0.1, 0.15) is 5.82 Å². The van der Waals surface area contributed by atoms with Crippen LogP contribution in [-0.2, 0) is 6.54 Å². The van der Waals surface area contributed by atoms with Gasteiger partial charge >= 0.3 is 0 Å². The lowest BCUT2D eigenvalue weighted by atomic mass is 10.3. The molecule has 0 aromatic carbocycles. The van der Waals surface area contributed by atoms with Crippen molar-refractivity contribution in [2.24, 2.45) is 0 Å². The van der Waals surface area contributed by atoms with Gasteiger partial charge in [0.2, 0.25) is 0 Å². The quantitative estimate of drug-likeness (QED) is 0.779. The number of rotatable bonds is 4. The molecule has 0 spiro atoms. The highest BCUT2D eigenvalue weighted by Crippen LogP contribution is 2.04. The number of amides is 1. The number of nitrogens with zero attached hydrogens (tertiary/aromatic N) is 3. The SMILES string of the molecule is Cc1nc2ncccc2c(=O)n1CCNC(=O)c1ccco1. The molecular weight excluding hydrogens is 284 g/mol. The molecule has 1 N–H and O–H groups in total. The molecule has 0 saturated carbocycles. The second-order valence-corrected chi connectivity index (χ2v) is 4.72. The van der Waals surface area contributed by atoms with E-state index in [1.165, 1.54) is 10.8 Å². The van der Waals surface area contributed by atoms with Crippen molar-refractivity contribution in [2.75, 3.05) is 6.54 Å². The average Bonchev–Trinajstić information content (AvgIpc) is 3.05. The van der Waals surface area contributed by atoms with Crippen molar-refractivity contribution in [2.45, 2.75) is 13.5 Å². The maximum Gasteiger partial charge on any atom is 0.287 e. The number of carbonyl (C=O) groups excluding carboxylic acids is 1. The Hall–Kier alpha value is -2.96. The van der Waals surface area contributed by atoms with Gasteiger partial charge in [-0.15, -0.1) is 0 Å². The van der Waals surface area contributed by atoms with Crippen molar-refractivity contribution in [3.63, 3.8) is 0 Å². The number of aromatic nitrogens is 3. The van der Waals surface area contributed by atoms with Crippen molar-refractivity contribution >= 4 is 16.9 Å². The predicted octanol–water partition coefficient (Wildman–Crippen LogP) is 1.12. The third-order valence-electron chi connectivity index (χ3n) is 3.29. The van der Waals surface area contributed by atoms with Crippen molar-refractivity contribution in [3.8, 4) is 0 Å². The van der Waals surface area contributed by atoms with Crippen molar-refractivity contribution in [3.05, 3.63) is 58.7 Å². The molecule has 0 atom stereocenters. The Labute approximate surface area is 125 Å². The highest BCUT2D eigenvalue weighted by molar-refractivity contribution is 5.91. The summed E-state index contributed by atoms with van der Waals surface area (Å²) in [7, 11) is 0. The van der Waals surface area contributed by atoms with Gasteiger partial charge in [0.25, 0.3) is 11.5 Å². The molecule has 7 nitrogen and oxygen atoms in total. The molecule has 0 fully saturated rings. The van der Waals surface area contributed by atoms with Crippen LogP contribution in [0.1, 0.15) is 16.4 Å². The fraction of sp³-hybridized carbons (Fsp3) is 0.200. The Kier molecular flexibility index (Phi) is 3.69. The van der Waals surface area contributed by atoms with E-state index in [0.717, 1.165) is 0 Å². The largest absolute Gasteiger partial charge is 0.459 e. The minimum Gasteiger partial charge on any atom is -0.459 e. The molecule has 0 aliphatic rings. The van der Waals surface area contributed by atoms with E-state index in [9.17, 15) is 9.59 Å². The Morgan fingerprint density at radius 2 is 2.23 bits per heavy atom. The molecule has 22 heavy (non-hydrogen) atoms. The van der Waals surface area contributed by atoms with Crippen molar-refractivity contribution in [1.29, 1.82) is 0 Å². The molecule has 3 aromatic heterocycles. The third kappa shape index (κ3) is 2.60. The minimum atomic E-state index is -0.314. The Bertz CT molecular complexity index is 868. The maximum atomic E-state index is 12.4. The van der Waals surface area contributed by atoms with E-state index in [1.807, 2.05) is 0 Å². The van der Waals surface area contributed by atoms with Crippen LogP contribution in [0.5, 0.6) is 0 Å². The summed E-state index contributed by atoms with van der Waals surface area (Å²) in [5.74, 6) is 0.486. The van der Waals surface area contributed by atoms with Gasteiger partial charge < -0.3 is 9.73 Å². The van der Waals surface area contributed by atoms with Gasteiger partial charge in [-0.25, -0.2) is 9.97 Å². The zero-order chi connectivity index (χ0) is 15.5. The Morgan fingerprint density at radius 3 is 3.00 bits per heavy atom. The molecule has 0 unspecified atom stereocenters. The summed E-state index contributed by atoms with van der Waals surface area (Å²) >= 11 is 0. The van der Waals surface area contributed by atoms with Crippen LogP contribution in [0, 0.1) is 6.92 Å². The number of nitrogens with one attached hydrogen (secondary N) is 1. The van der Waals surface area contributed by atoms with Crippen LogP contribution in [-0.4, -0.2) is 27.0 Å². The van der Waals surface area contributed by atoms with E-state index in [2.05, 4.69) is 15.3 Å². The fourth-order valence-corrected chi connectivity index (χ4v) is 2.20. The summed E-state index contributed by atoms with van der Waals surface area (Å²) < 4.78 is 6.52. The van der Waals surface area contributed by atoms with E-state index in [0.29, 0.717) is 29.9 Å². The van der Waals surface area contributed by atoms with E-state index in [-0.39, 0.29) is 17.2 Å². The first-order valence-electron chi connectivity index (χ1n) is 6.80. The number of pyridine rings is 1. The molecule has 3 aromatic rings. The molecule has 3 rings (SSSR count). The van der Waals surface area contributed by atoms with Crippen LogP contribution in [0.4, 0.5) is 0 Å². The summed E-state index contributed by atoms with van der Waals surface area (Å²) in [6, 6.07) is 6.61. The normalized spacial score (nSPS) is 10.8. The Morgan fingerprint density at radius 1 is 1.36 bits per heavy atom. The lowest BCUT2D eigenvalue weighted by Gasteiger charge is -2.10. The van der Waals surface area contributed by atoms with E-state index < -0.39 is 0 Å². The van der Waals surface area contributed by atoms with Gasteiger partial charge in [0, 0.05) is 19.3 Å². The lowest BCUT2D eigenvalue weighted by molar-refractivity contribution is 0.0924. The molecule has 3 heterocycles. The summed E-state index contributed by atoms with van der Waals surface area (Å²) in [5.41, 5.74) is 0.267. The number of fused-ring (bicyclic) bond motifs is 1. The smallest absolute Gasteiger partial charge is 0.287 e. The maximum absolute atomic E-state index is 12.4. The molecule has 0 aliphatic carbocycles. The van der Waals surface area contributed by atoms with Crippen LogP contribution in [0.25, 0.3) is 11.0 Å². The van der Waals surface area contributed by atoms with Crippen molar-refractivity contribution < 1.29 is 9.21 Å². The van der Waals surface area contributed by atoms with E-state index >= 15 is 0 Å². The molecule has 1 amide bonds. The molecule has 0 bridgehead atoms. The average molecular weight is 298 g/mol. The zero-order valence-corrected chi connectivity index (χ0v) is 11.9. The zero-order valence-electron chi connectivity index (χ0n) is 11.9. The molecule has 0 saturated heterocycles. The first-order chi connectivity index (χ1) is 10.7. The van der Waals surface area contributed by atoms with E-state index in [1.54, 1.807) is 37.4 Å². The summed E-state index contributed by atoms with van der Waals surface area (Å²) in [4.78, 5) is 32.6. The third-order valence-corrected chi connectivity index (χ3v) is 3.29. The van der Waals surface area contributed by atoms with E-state index in [4.69, 9.17) is 4.42 Å². The number of aryl methyl sites for hydroxylation is 1. The summed E-state index contributed by atoms with van der Waals surface area (Å²) in [5, 5.41) is 3.16. The predicted molar refractivity (Wildman–Crippen MR) is 79.6 cm³/mol. The lowest BCUT2D eigenvalue weighted by Crippen LogP contribution is -2.32. The fourth-order valence-electron chi connectivity index (χ4n) is 2.20. The minimum absolute atomic E-state index is 0.164. The van der Waals surface area contributed by atoms with Gasteiger partial charge in [0.15, 0.2) is 11.4 Å². The molecule has 7 heteroatoms. The topological polar surface area (TPSA) is 90.0 Å². The number of furan rings is 1. The van der Waals surface area contributed by atoms with Gasteiger partial charge in [-0.3, -0.25) is 14.2 Å².